The third-order valence-corrected chi connectivity index (χ3v) is 3.14. The van der Waals surface area contributed by atoms with Gasteiger partial charge in [-0.2, -0.15) is 0 Å². The summed E-state index contributed by atoms with van der Waals surface area (Å²) in [4.78, 5) is 24.2. The molecule has 0 aliphatic carbocycles. The highest BCUT2D eigenvalue weighted by Crippen LogP contribution is 2.25. The van der Waals surface area contributed by atoms with Crippen LogP contribution in [-0.4, -0.2) is 58.6 Å². The molecule has 7 nitrogen and oxygen atoms in total. The predicted octanol–water partition coefficient (Wildman–Crippen LogP) is -1.36. The summed E-state index contributed by atoms with van der Waals surface area (Å²) >= 11 is 0. The molecule has 4 atom stereocenters. The molecule has 2 aliphatic heterocycles. The van der Waals surface area contributed by atoms with Gasteiger partial charge in [0.15, 0.2) is 0 Å². The van der Waals surface area contributed by atoms with Crippen molar-refractivity contribution in [3.05, 3.63) is 0 Å². The highest BCUT2D eigenvalue weighted by Gasteiger charge is 2.41. The first-order valence-corrected chi connectivity index (χ1v) is 5.58. The van der Waals surface area contributed by atoms with Gasteiger partial charge in [0, 0.05) is 13.0 Å². The molecule has 3 N–H and O–H groups in total. The van der Waals surface area contributed by atoms with Crippen LogP contribution in [0.5, 0.6) is 0 Å². The molecular formula is C10H16N2O5. The van der Waals surface area contributed by atoms with E-state index in [1.54, 1.807) is 6.92 Å². The Labute approximate surface area is 98.3 Å². The number of aliphatic hydroxyl groups excluding tert-OH is 2. The Kier molecular flexibility index (Phi) is 3.32. The van der Waals surface area contributed by atoms with Gasteiger partial charge in [0.1, 0.15) is 12.3 Å². The molecule has 0 saturated carbocycles. The smallest absolute Gasteiger partial charge is 0.326 e. The van der Waals surface area contributed by atoms with E-state index in [1.165, 1.54) is 4.90 Å². The minimum Gasteiger partial charge on any atom is -0.394 e. The zero-order chi connectivity index (χ0) is 12.6. The van der Waals surface area contributed by atoms with Crippen LogP contribution in [0, 0.1) is 5.92 Å². The minimum atomic E-state index is -0.786. The van der Waals surface area contributed by atoms with Gasteiger partial charge in [-0.05, 0) is 0 Å². The monoisotopic (exact) mass is 244 g/mol. The van der Waals surface area contributed by atoms with Crippen LogP contribution in [0.4, 0.5) is 4.79 Å². The van der Waals surface area contributed by atoms with Gasteiger partial charge in [0.05, 0.1) is 18.6 Å². The highest BCUT2D eigenvalue weighted by molar-refractivity contribution is 5.97. The van der Waals surface area contributed by atoms with Gasteiger partial charge in [-0.3, -0.25) is 15.0 Å². The van der Waals surface area contributed by atoms with Gasteiger partial charge >= 0.3 is 6.03 Å². The van der Waals surface area contributed by atoms with Crippen molar-refractivity contribution in [1.29, 1.82) is 0 Å². The molecule has 2 heterocycles. The van der Waals surface area contributed by atoms with E-state index in [9.17, 15) is 14.7 Å². The van der Waals surface area contributed by atoms with Crippen LogP contribution in [0.2, 0.25) is 0 Å². The molecule has 0 aromatic rings. The standard InChI is InChI=1S/C10H16N2O5/c1-5-3-12(10(16)11-9(5)15)8-2-6(14)7(4-13)17-8/h5-8,13-14H,2-4H2,1H3,(H,11,15,16)/t5-,6+,7-,8-/m1/s1. The highest BCUT2D eigenvalue weighted by atomic mass is 16.5. The van der Waals surface area contributed by atoms with E-state index in [0.717, 1.165) is 0 Å². The molecule has 96 valence electrons. The number of rotatable bonds is 2. The van der Waals surface area contributed by atoms with E-state index in [4.69, 9.17) is 9.84 Å². The average Bonchev–Trinajstić information content (AvgIpc) is 2.65. The van der Waals surface area contributed by atoms with Crippen molar-refractivity contribution in [2.45, 2.75) is 31.8 Å². The molecule has 3 amide bonds. The van der Waals surface area contributed by atoms with Crippen LogP contribution >= 0.6 is 0 Å². The first-order valence-electron chi connectivity index (χ1n) is 5.58. The Hall–Kier alpha value is -1.18. The van der Waals surface area contributed by atoms with Crippen molar-refractivity contribution in [2.24, 2.45) is 5.92 Å². The SMILES string of the molecule is C[C@@H]1CN([C@H]2C[C@H](O)[C@@H](CO)O2)C(=O)NC1=O. The van der Waals surface area contributed by atoms with Crippen LogP contribution in [-0.2, 0) is 9.53 Å². The van der Waals surface area contributed by atoms with Crippen molar-refractivity contribution in [2.75, 3.05) is 13.2 Å². The molecule has 2 saturated heterocycles. The maximum Gasteiger partial charge on any atom is 0.326 e. The second kappa shape index (κ2) is 4.59. The summed E-state index contributed by atoms with van der Waals surface area (Å²) in [6.45, 7) is 1.69. The third-order valence-electron chi connectivity index (χ3n) is 3.14. The summed E-state index contributed by atoms with van der Waals surface area (Å²) in [5.74, 6) is -0.606. The summed E-state index contributed by atoms with van der Waals surface area (Å²) in [7, 11) is 0. The number of nitrogens with one attached hydrogen (secondary N) is 1. The number of aliphatic hydroxyl groups is 2. The Morgan fingerprint density at radius 1 is 1.53 bits per heavy atom. The first kappa shape index (κ1) is 12.3. The molecule has 0 aromatic heterocycles. The molecule has 2 rings (SSSR count). The van der Waals surface area contributed by atoms with Crippen molar-refractivity contribution in [1.82, 2.24) is 10.2 Å². The predicted molar refractivity (Wildman–Crippen MR) is 55.8 cm³/mol. The fourth-order valence-electron chi connectivity index (χ4n) is 2.08. The lowest BCUT2D eigenvalue weighted by atomic mass is 10.1. The Morgan fingerprint density at radius 2 is 2.24 bits per heavy atom. The number of hydrogen-bond donors (Lipinski definition) is 3. The van der Waals surface area contributed by atoms with Crippen molar-refractivity contribution in [3.63, 3.8) is 0 Å². The summed E-state index contributed by atoms with van der Waals surface area (Å²) in [5.41, 5.74) is 0. The molecule has 2 fully saturated rings. The molecule has 0 bridgehead atoms. The quantitative estimate of drug-likeness (QED) is 0.557. The minimum absolute atomic E-state index is 0.250. The topological polar surface area (TPSA) is 99.1 Å². The summed E-state index contributed by atoms with van der Waals surface area (Å²) in [5, 5.41) is 20.8. The van der Waals surface area contributed by atoms with Gasteiger partial charge in [-0.15, -0.1) is 0 Å². The lowest BCUT2D eigenvalue weighted by molar-refractivity contribution is -0.128. The van der Waals surface area contributed by atoms with E-state index >= 15 is 0 Å². The van der Waals surface area contributed by atoms with Gasteiger partial charge in [0.25, 0.3) is 0 Å². The van der Waals surface area contributed by atoms with E-state index in [-0.39, 0.29) is 31.4 Å². The number of carbonyl (C=O) groups is 2. The molecule has 2 aliphatic rings. The number of urea groups is 1. The Bertz CT molecular complexity index is 335. The van der Waals surface area contributed by atoms with Crippen LogP contribution in [0.25, 0.3) is 0 Å². The van der Waals surface area contributed by atoms with Crippen LogP contribution < -0.4 is 5.32 Å². The number of amides is 3. The largest absolute Gasteiger partial charge is 0.394 e. The maximum absolute atomic E-state index is 11.6. The maximum atomic E-state index is 11.6. The first-order chi connectivity index (χ1) is 8.02. The van der Waals surface area contributed by atoms with E-state index < -0.39 is 24.5 Å². The number of nitrogens with zero attached hydrogens (tertiary/aromatic N) is 1. The van der Waals surface area contributed by atoms with Gasteiger partial charge in [0.2, 0.25) is 5.91 Å². The molecule has 17 heavy (non-hydrogen) atoms. The molecule has 0 spiro atoms. The molecule has 0 aromatic carbocycles. The zero-order valence-electron chi connectivity index (χ0n) is 9.50. The van der Waals surface area contributed by atoms with Gasteiger partial charge in [-0.25, -0.2) is 4.79 Å². The Morgan fingerprint density at radius 3 is 2.82 bits per heavy atom. The number of hydrogen-bond acceptors (Lipinski definition) is 5. The van der Waals surface area contributed by atoms with Crippen molar-refractivity contribution in [3.8, 4) is 0 Å². The van der Waals surface area contributed by atoms with E-state index in [1.807, 2.05) is 0 Å². The van der Waals surface area contributed by atoms with E-state index in [2.05, 4.69) is 5.32 Å². The number of carbonyl (C=O) groups excluding carboxylic acids is 2. The third kappa shape index (κ3) is 2.26. The van der Waals surface area contributed by atoms with Crippen molar-refractivity contribution < 1.29 is 24.5 Å². The molecule has 0 radical (unpaired) electrons. The average molecular weight is 244 g/mol. The second-order valence-corrected chi connectivity index (χ2v) is 4.46. The lowest BCUT2D eigenvalue weighted by Gasteiger charge is -2.34. The second-order valence-electron chi connectivity index (χ2n) is 4.46. The fourth-order valence-corrected chi connectivity index (χ4v) is 2.08. The van der Waals surface area contributed by atoms with E-state index in [0.29, 0.717) is 0 Å². The molecule has 7 heteroatoms. The fraction of sp³-hybridized carbons (Fsp3) is 0.800. The summed E-state index contributed by atoms with van der Waals surface area (Å²) in [6.07, 6.45) is -1.79. The van der Waals surface area contributed by atoms with Crippen LogP contribution in [0.1, 0.15) is 13.3 Å². The van der Waals surface area contributed by atoms with Gasteiger partial charge < -0.3 is 14.9 Å². The summed E-state index contributed by atoms with van der Waals surface area (Å²) < 4.78 is 5.37. The Balaban J connectivity index is 2.03. The normalized spacial score (nSPS) is 38.4. The number of ether oxygens (including phenoxy) is 1. The lowest BCUT2D eigenvalue weighted by Crippen LogP contribution is -2.57. The van der Waals surface area contributed by atoms with Crippen LogP contribution in [0.3, 0.4) is 0 Å². The number of imide groups is 1. The summed E-state index contributed by atoms with van der Waals surface area (Å²) in [6, 6.07) is -0.510. The molecular weight excluding hydrogens is 228 g/mol. The van der Waals surface area contributed by atoms with Crippen molar-refractivity contribution >= 4 is 11.9 Å². The zero-order valence-corrected chi connectivity index (χ0v) is 9.50. The van der Waals surface area contributed by atoms with Gasteiger partial charge in [-0.1, -0.05) is 6.92 Å². The molecule has 0 unspecified atom stereocenters. The van der Waals surface area contributed by atoms with Crippen LogP contribution in [0.15, 0.2) is 0 Å².